The van der Waals surface area contributed by atoms with Crippen molar-refractivity contribution in [2.75, 3.05) is 0 Å². The molecule has 0 aliphatic carbocycles. The first-order valence-electron chi connectivity index (χ1n) is 18.5. The topological polar surface area (TPSA) is 122 Å². The molecule has 0 bridgehead atoms. The van der Waals surface area contributed by atoms with Gasteiger partial charge in [-0.05, 0) is 45.5 Å². The predicted octanol–water partition coefficient (Wildman–Crippen LogP) is 10.3. The summed E-state index contributed by atoms with van der Waals surface area (Å²) in [7, 11) is -2.61. The van der Waals surface area contributed by atoms with Gasteiger partial charge in [0.15, 0.2) is 11.5 Å². The molecule has 58 heavy (non-hydrogen) atoms. The molecule has 0 fully saturated rings. The summed E-state index contributed by atoms with van der Waals surface area (Å²) in [4.78, 5) is 27.4. The predicted molar refractivity (Wildman–Crippen MR) is 220 cm³/mol. The maximum Gasteiger partial charge on any atom is 0.422 e. The third kappa shape index (κ3) is 13.6. The Morgan fingerprint density at radius 3 is 1.52 bits per heavy atom. The van der Waals surface area contributed by atoms with E-state index in [9.17, 15) is 14.2 Å². The van der Waals surface area contributed by atoms with Gasteiger partial charge in [0.1, 0.15) is 19.3 Å². The highest BCUT2D eigenvalue weighted by molar-refractivity contribution is 7.42. The number of hydrazine groups is 1. The van der Waals surface area contributed by atoms with E-state index in [2.05, 4.69) is 5.43 Å². The van der Waals surface area contributed by atoms with Crippen LogP contribution in [0.15, 0.2) is 170 Å². The van der Waals surface area contributed by atoms with Crippen molar-refractivity contribution >= 4 is 29.4 Å². The summed E-state index contributed by atoms with van der Waals surface area (Å²) in [6.07, 6.45) is -0.715. The van der Waals surface area contributed by atoms with E-state index in [0.717, 1.165) is 27.8 Å². The minimum absolute atomic E-state index is 0.0134. The van der Waals surface area contributed by atoms with Crippen LogP contribution in [0.3, 0.4) is 0 Å². The molecule has 0 saturated heterocycles. The molecule has 6 aromatic carbocycles. The van der Waals surface area contributed by atoms with Crippen LogP contribution in [-0.4, -0.2) is 23.1 Å². The van der Waals surface area contributed by atoms with Gasteiger partial charge in [0.05, 0.1) is 13.2 Å². The average molecular weight is 817 g/mol. The minimum Gasteiger partial charge on any atom is -0.460 e. The van der Waals surface area contributed by atoms with Crippen LogP contribution in [0.25, 0.3) is 0 Å². The molecular formula is C45H42N2O9P2. The number of esters is 1. The Morgan fingerprint density at radius 2 is 1.02 bits per heavy atom. The van der Waals surface area contributed by atoms with E-state index in [0.29, 0.717) is 5.56 Å². The lowest BCUT2D eigenvalue weighted by Crippen LogP contribution is -2.52. The molecule has 0 aromatic heterocycles. The van der Waals surface area contributed by atoms with Crippen molar-refractivity contribution in [3.63, 3.8) is 0 Å². The second-order valence-electron chi connectivity index (χ2n) is 12.9. The molecule has 1 atom stereocenters. The van der Waals surface area contributed by atoms with Crippen LogP contribution >= 0.6 is 17.3 Å². The molecular weight excluding hydrogens is 774 g/mol. The number of hydrogen-bond donors (Lipinski definition) is 1. The summed E-state index contributed by atoms with van der Waals surface area (Å²) in [5.41, 5.74) is 7.66. The van der Waals surface area contributed by atoms with Crippen molar-refractivity contribution in [1.29, 1.82) is 0 Å². The lowest BCUT2D eigenvalue weighted by atomic mass is 10.0. The van der Waals surface area contributed by atoms with E-state index in [1.54, 1.807) is 18.2 Å². The van der Waals surface area contributed by atoms with Gasteiger partial charge in [-0.1, -0.05) is 158 Å². The Morgan fingerprint density at radius 1 is 0.552 bits per heavy atom. The number of nitrogens with zero attached hydrogens (tertiary/aromatic N) is 1. The van der Waals surface area contributed by atoms with Crippen LogP contribution in [-0.2, 0) is 67.3 Å². The summed E-state index contributed by atoms with van der Waals surface area (Å²) in [5, 5.41) is 1.50. The van der Waals surface area contributed by atoms with E-state index in [1.807, 2.05) is 152 Å². The Labute approximate surface area is 340 Å². The van der Waals surface area contributed by atoms with Gasteiger partial charge in [0.2, 0.25) is 0 Å². The fraction of sp³-hybridized carbons (Fsp3) is 0.156. The smallest absolute Gasteiger partial charge is 0.422 e. The van der Waals surface area contributed by atoms with Crippen LogP contribution in [0.5, 0.6) is 11.5 Å². The monoisotopic (exact) mass is 816 g/mol. The molecule has 1 N–H and O–H groups in total. The van der Waals surface area contributed by atoms with Gasteiger partial charge < -0.3 is 18.5 Å². The van der Waals surface area contributed by atoms with Gasteiger partial charge in [-0.2, -0.15) is 5.01 Å². The fourth-order valence-corrected chi connectivity index (χ4v) is 6.91. The highest BCUT2D eigenvalue weighted by atomic mass is 31.2. The third-order valence-corrected chi connectivity index (χ3v) is 9.92. The van der Waals surface area contributed by atoms with Crippen LogP contribution in [0.2, 0.25) is 0 Å². The summed E-state index contributed by atoms with van der Waals surface area (Å²) in [5.74, 6) is -0.263. The molecule has 6 rings (SSSR count). The van der Waals surface area contributed by atoms with Crippen molar-refractivity contribution < 1.29 is 41.7 Å². The second-order valence-corrected chi connectivity index (χ2v) is 14.4. The summed E-state index contributed by atoms with van der Waals surface area (Å²) >= 11 is 0. The quantitative estimate of drug-likeness (QED) is 0.0427. The first-order valence-corrected chi connectivity index (χ1v) is 20.3. The van der Waals surface area contributed by atoms with Crippen LogP contribution in [0.1, 0.15) is 33.4 Å². The number of amides is 1. The second kappa shape index (κ2) is 22.7. The van der Waals surface area contributed by atoms with Gasteiger partial charge in [-0.3, -0.25) is 19.3 Å². The van der Waals surface area contributed by atoms with Gasteiger partial charge in [-0.25, -0.2) is 9.36 Å². The number of ether oxygens (including phenoxy) is 2. The Bertz CT molecular complexity index is 2110. The molecule has 296 valence electrons. The van der Waals surface area contributed by atoms with Crippen molar-refractivity contribution in [2.45, 2.75) is 45.4 Å². The van der Waals surface area contributed by atoms with E-state index >= 15 is 0 Å². The summed E-state index contributed by atoms with van der Waals surface area (Å²) in [6, 6.07) is 51.2. The number of nitrogens with one attached hydrogen (secondary N) is 1. The highest BCUT2D eigenvalue weighted by Gasteiger charge is 2.31. The number of carbonyl (C=O) groups is 2. The first-order chi connectivity index (χ1) is 28.5. The molecule has 0 spiro atoms. The van der Waals surface area contributed by atoms with Crippen molar-refractivity contribution in [2.24, 2.45) is 0 Å². The van der Waals surface area contributed by atoms with Crippen LogP contribution in [0, 0.1) is 0 Å². The average Bonchev–Trinajstić information content (AvgIpc) is 3.27. The van der Waals surface area contributed by atoms with E-state index in [-0.39, 0.29) is 50.9 Å². The molecule has 0 radical (unpaired) electrons. The third-order valence-electron chi connectivity index (χ3n) is 8.62. The van der Waals surface area contributed by atoms with Gasteiger partial charge in [-0.15, -0.1) is 0 Å². The standard InChI is InChI=1S/C45H42N2O9P2/c48-44(51-31-36-18-8-2-9-19-36)41(47(30-35-16-6-1-7-17-35)46-45(49)52-32-37-20-10-3-11-21-37)28-40-26-27-42(43(29-40)55-57-50)56-58(53-33-38-22-12-4-13-23-38)54-34-39-24-14-5-15-25-39/h1-27,29,41H,28,30-34H2,(H,46,49). The largest absolute Gasteiger partial charge is 0.460 e. The minimum atomic E-state index is -1.97. The zero-order chi connectivity index (χ0) is 40.2. The molecule has 0 aliphatic heterocycles. The van der Waals surface area contributed by atoms with Crippen LogP contribution in [0.4, 0.5) is 4.79 Å². The lowest BCUT2D eigenvalue weighted by molar-refractivity contribution is -0.153. The van der Waals surface area contributed by atoms with Crippen molar-refractivity contribution in [3.05, 3.63) is 203 Å². The van der Waals surface area contributed by atoms with Crippen molar-refractivity contribution in [3.8, 4) is 11.5 Å². The van der Waals surface area contributed by atoms with Gasteiger partial charge in [0, 0.05) is 13.0 Å². The van der Waals surface area contributed by atoms with Crippen molar-refractivity contribution in [1.82, 2.24) is 10.4 Å². The summed E-state index contributed by atoms with van der Waals surface area (Å²) in [6.45, 7) is 0.621. The first kappa shape index (κ1) is 41.7. The number of hydrogen-bond acceptors (Lipinski definition) is 10. The van der Waals surface area contributed by atoms with Crippen LogP contribution < -0.4 is 14.5 Å². The lowest BCUT2D eigenvalue weighted by Gasteiger charge is -2.30. The fourth-order valence-electron chi connectivity index (χ4n) is 5.69. The Hall–Kier alpha value is -5.93. The maximum atomic E-state index is 14.1. The molecule has 1 unspecified atom stereocenters. The van der Waals surface area contributed by atoms with Gasteiger partial charge >= 0.3 is 29.4 Å². The molecule has 0 saturated carbocycles. The molecule has 11 nitrogen and oxygen atoms in total. The molecule has 6 aromatic rings. The molecule has 13 heteroatoms. The van der Waals surface area contributed by atoms with Gasteiger partial charge in [0.25, 0.3) is 0 Å². The molecule has 1 amide bonds. The zero-order valence-electron chi connectivity index (χ0n) is 31.5. The molecule has 0 aliphatic rings. The maximum absolute atomic E-state index is 14.1. The van der Waals surface area contributed by atoms with E-state index in [1.165, 1.54) is 5.01 Å². The normalized spacial score (nSPS) is 11.6. The Kier molecular flexibility index (Phi) is 16.3. The van der Waals surface area contributed by atoms with E-state index < -0.39 is 35.4 Å². The SMILES string of the molecule is O=POc1cc(CC(C(=O)OCc2ccccc2)N(Cc2ccccc2)NC(=O)OCc2ccccc2)ccc1OP(OCc1ccccc1)OCc1ccccc1. The highest BCUT2D eigenvalue weighted by Crippen LogP contribution is 2.46. The summed E-state index contributed by atoms with van der Waals surface area (Å²) < 4.78 is 47.3. The molecule has 0 heterocycles. The number of carbonyl (C=O) groups excluding carboxylic acids is 2. The number of rotatable bonds is 21. The number of benzene rings is 6. The Balaban J connectivity index is 1.25. The zero-order valence-corrected chi connectivity index (χ0v) is 33.3. The van der Waals surface area contributed by atoms with E-state index in [4.69, 9.17) is 27.6 Å².